The summed E-state index contributed by atoms with van der Waals surface area (Å²) in [6, 6.07) is 14.1. The van der Waals surface area contributed by atoms with Crippen LogP contribution in [0.2, 0.25) is 0 Å². The number of thioether (sulfide) groups is 1. The second-order valence-corrected chi connectivity index (χ2v) is 10.3. The van der Waals surface area contributed by atoms with Gasteiger partial charge in [0.15, 0.2) is 10.9 Å². The fourth-order valence-corrected chi connectivity index (χ4v) is 5.52. The first-order chi connectivity index (χ1) is 16.0. The molecule has 5 rings (SSSR count). The molecule has 168 valence electrons. The number of para-hydroxylation sites is 1. The van der Waals surface area contributed by atoms with Gasteiger partial charge in [0.1, 0.15) is 5.58 Å². The van der Waals surface area contributed by atoms with Crippen LogP contribution in [0.5, 0.6) is 0 Å². The van der Waals surface area contributed by atoms with Crippen LogP contribution in [0.15, 0.2) is 75.4 Å². The highest BCUT2D eigenvalue weighted by Crippen LogP contribution is 2.35. The second-order valence-electron chi connectivity index (χ2n) is 7.43. The van der Waals surface area contributed by atoms with Gasteiger partial charge in [0.25, 0.3) is 5.91 Å². The maximum absolute atomic E-state index is 13.6. The van der Waals surface area contributed by atoms with Crippen LogP contribution in [0.3, 0.4) is 0 Å². The zero-order chi connectivity index (χ0) is 23.0. The Morgan fingerprint density at radius 1 is 1.15 bits per heavy atom. The van der Waals surface area contributed by atoms with Gasteiger partial charge in [-0.25, -0.2) is 23.1 Å². The van der Waals surface area contributed by atoms with Crippen molar-refractivity contribution in [2.45, 2.75) is 22.2 Å². The maximum Gasteiger partial charge on any atom is 0.294 e. The fourth-order valence-electron chi connectivity index (χ4n) is 3.91. The molecular weight excluding hydrogens is 460 g/mol. The molecular formula is C23H20N4O4S2. The molecule has 1 N–H and O–H groups in total. The van der Waals surface area contributed by atoms with Gasteiger partial charge in [-0.3, -0.25) is 4.79 Å². The average molecular weight is 481 g/mol. The summed E-state index contributed by atoms with van der Waals surface area (Å²) in [7, 11) is -2.18. The van der Waals surface area contributed by atoms with Crippen LogP contribution in [0.1, 0.15) is 21.7 Å². The van der Waals surface area contributed by atoms with E-state index in [0.29, 0.717) is 35.1 Å². The van der Waals surface area contributed by atoms with Crippen molar-refractivity contribution in [3.63, 3.8) is 0 Å². The number of furan rings is 1. The van der Waals surface area contributed by atoms with Gasteiger partial charge in [0.05, 0.1) is 4.90 Å². The molecule has 0 aliphatic carbocycles. The molecule has 0 atom stereocenters. The van der Waals surface area contributed by atoms with Crippen molar-refractivity contribution in [3.8, 4) is 0 Å². The molecule has 1 amide bonds. The van der Waals surface area contributed by atoms with Crippen molar-refractivity contribution in [1.29, 1.82) is 0 Å². The number of carbonyl (C=O) groups excluding carboxylic acids is 1. The minimum atomic E-state index is -3.55. The number of amides is 1. The van der Waals surface area contributed by atoms with Crippen molar-refractivity contribution in [1.82, 2.24) is 14.7 Å². The lowest BCUT2D eigenvalue weighted by atomic mass is 10.1. The number of nitrogens with zero attached hydrogens (tertiary/aromatic N) is 3. The maximum atomic E-state index is 13.6. The Kier molecular flexibility index (Phi) is 5.65. The lowest BCUT2D eigenvalue weighted by Gasteiger charge is -2.17. The van der Waals surface area contributed by atoms with E-state index in [4.69, 9.17) is 4.42 Å². The van der Waals surface area contributed by atoms with Crippen molar-refractivity contribution in [2.24, 2.45) is 0 Å². The summed E-state index contributed by atoms with van der Waals surface area (Å²) in [5.41, 5.74) is 2.93. The molecule has 10 heteroatoms. The highest BCUT2D eigenvalue weighted by molar-refractivity contribution is 7.98. The number of benzene rings is 2. The van der Waals surface area contributed by atoms with Gasteiger partial charge in [-0.05, 0) is 49.4 Å². The summed E-state index contributed by atoms with van der Waals surface area (Å²) in [6.07, 6.45) is 3.92. The van der Waals surface area contributed by atoms with E-state index in [2.05, 4.69) is 14.7 Å². The van der Waals surface area contributed by atoms with Crippen LogP contribution in [-0.4, -0.2) is 37.9 Å². The van der Waals surface area contributed by atoms with Gasteiger partial charge in [0, 0.05) is 41.3 Å². The number of carbonyl (C=O) groups is 1. The van der Waals surface area contributed by atoms with Gasteiger partial charge in [-0.2, -0.15) is 0 Å². The fraction of sp³-hybridized carbons (Fsp3) is 0.174. The predicted octanol–water partition coefficient (Wildman–Crippen LogP) is 3.63. The van der Waals surface area contributed by atoms with Crippen molar-refractivity contribution < 1.29 is 17.6 Å². The number of sulfonamides is 1. The summed E-state index contributed by atoms with van der Waals surface area (Å²) in [6.45, 7) is 0.447. The molecule has 8 nitrogen and oxygen atoms in total. The van der Waals surface area contributed by atoms with E-state index in [9.17, 15) is 13.2 Å². The van der Waals surface area contributed by atoms with Crippen molar-refractivity contribution >= 4 is 44.3 Å². The topological polar surface area (TPSA) is 105 Å². The van der Waals surface area contributed by atoms with Crippen molar-refractivity contribution in [2.75, 3.05) is 18.5 Å². The minimum absolute atomic E-state index is 0.182. The molecule has 0 spiro atoms. The molecule has 0 bridgehead atoms. The first kappa shape index (κ1) is 21.6. The Morgan fingerprint density at radius 2 is 1.94 bits per heavy atom. The van der Waals surface area contributed by atoms with E-state index >= 15 is 0 Å². The quantitative estimate of drug-likeness (QED) is 0.332. The zero-order valence-corrected chi connectivity index (χ0v) is 19.3. The van der Waals surface area contributed by atoms with E-state index < -0.39 is 10.0 Å². The van der Waals surface area contributed by atoms with E-state index in [1.54, 1.807) is 35.5 Å². The van der Waals surface area contributed by atoms with E-state index in [1.165, 1.54) is 24.9 Å². The Bertz CT molecular complexity index is 1450. The third kappa shape index (κ3) is 4.01. The van der Waals surface area contributed by atoms with Gasteiger partial charge >= 0.3 is 0 Å². The minimum Gasteiger partial charge on any atom is -0.451 e. The zero-order valence-electron chi connectivity index (χ0n) is 17.7. The molecule has 4 aromatic rings. The van der Waals surface area contributed by atoms with Crippen LogP contribution < -0.4 is 9.62 Å². The van der Waals surface area contributed by atoms with Crippen LogP contribution in [-0.2, 0) is 22.2 Å². The molecule has 2 aromatic carbocycles. The molecule has 0 saturated carbocycles. The van der Waals surface area contributed by atoms with E-state index in [1.807, 2.05) is 24.3 Å². The van der Waals surface area contributed by atoms with E-state index in [-0.39, 0.29) is 16.6 Å². The summed E-state index contributed by atoms with van der Waals surface area (Å²) in [5.74, 6) is 0.500. The number of rotatable bonds is 6. The van der Waals surface area contributed by atoms with Crippen LogP contribution in [0, 0.1) is 0 Å². The highest BCUT2D eigenvalue weighted by Gasteiger charge is 2.31. The Morgan fingerprint density at radius 3 is 2.73 bits per heavy atom. The number of hydrogen-bond acceptors (Lipinski definition) is 7. The monoisotopic (exact) mass is 480 g/mol. The smallest absolute Gasteiger partial charge is 0.294 e. The number of anilines is 1. The first-order valence-electron chi connectivity index (χ1n) is 10.3. The third-order valence-electron chi connectivity index (χ3n) is 5.55. The lowest BCUT2D eigenvalue weighted by molar-refractivity contribution is 0.0964. The van der Waals surface area contributed by atoms with Crippen LogP contribution in [0.25, 0.3) is 11.0 Å². The van der Waals surface area contributed by atoms with Crippen LogP contribution in [0.4, 0.5) is 5.69 Å². The predicted molar refractivity (Wildman–Crippen MR) is 126 cm³/mol. The average Bonchev–Trinajstić information content (AvgIpc) is 3.44. The molecule has 0 saturated heterocycles. The Hall–Kier alpha value is -3.21. The van der Waals surface area contributed by atoms with E-state index in [0.717, 1.165) is 16.5 Å². The molecule has 3 heterocycles. The highest BCUT2D eigenvalue weighted by atomic mass is 32.2. The number of aromatic nitrogens is 2. The molecule has 0 fully saturated rings. The normalized spacial score (nSPS) is 13.4. The van der Waals surface area contributed by atoms with Crippen LogP contribution >= 0.6 is 11.8 Å². The Balaban J connectivity index is 1.50. The van der Waals surface area contributed by atoms with Crippen molar-refractivity contribution in [3.05, 3.63) is 77.8 Å². The van der Waals surface area contributed by atoms with Gasteiger partial charge in [-0.15, -0.1) is 0 Å². The summed E-state index contributed by atoms with van der Waals surface area (Å²) in [4.78, 5) is 23.9. The molecule has 33 heavy (non-hydrogen) atoms. The standard InChI is InChI=1S/C23H20N4O4S2/c1-24-33(29,30)16-7-8-19-15(13-16)9-12-27(19)22(28)21-18(14-32-23-25-10-4-11-26-23)17-5-2-3-6-20(17)31-21/h2-8,10-11,13,24H,9,12,14H2,1H3. The summed E-state index contributed by atoms with van der Waals surface area (Å²) in [5, 5.41) is 1.49. The number of nitrogens with one attached hydrogen (secondary N) is 1. The SMILES string of the molecule is CNS(=O)(=O)c1ccc2c(c1)CCN2C(=O)c1oc2ccccc2c1CSc1ncccn1. The number of hydrogen-bond donors (Lipinski definition) is 1. The molecule has 2 aromatic heterocycles. The summed E-state index contributed by atoms with van der Waals surface area (Å²) >= 11 is 1.43. The van der Waals surface area contributed by atoms with Gasteiger partial charge in [-0.1, -0.05) is 30.0 Å². The molecule has 0 unspecified atom stereocenters. The molecule has 0 radical (unpaired) electrons. The lowest BCUT2D eigenvalue weighted by Crippen LogP contribution is -2.29. The van der Waals surface area contributed by atoms with Gasteiger partial charge < -0.3 is 9.32 Å². The molecule has 1 aliphatic heterocycles. The largest absolute Gasteiger partial charge is 0.451 e. The Labute approximate surface area is 195 Å². The number of fused-ring (bicyclic) bond motifs is 2. The van der Waals surface area contributed by atoms with Gasteiger partial charge in [0.2, 0.25) is 10.0 Å². The molecule has 1 aliphatic rings. The summed E-state index contributed by atoms with van der Waals surface area (Å²) < 4.78 is 32.6. The first-order valence-corrected chi connectivity index (χ1v) is 12.7. The second kappa shape index (κ2) is 8.62. The third-order valence-corrected chi connectivity index (χ3v) is 7.86.